The third kappa shape index (κ3) is 3.38. The molecule has 4 aromatic rings. The van der Waals surface area contributed by atoms with Gasteiger partial charge in [0, 0.05) is 31.5 Å². The summed E-state index contributed by atoms with van der Waals surface area (Å²) in [6, 6.07) is 7.28. The van der Waals surface area contributed by atoms with Crippen LogP contribution in [0, 0.1) is 0 Å². The normalized spacial score (nSPS) is 10.9. The van der Waals surface area contributed by atoms with Crippen LogP contribution >= 0.6 is 0 Å². The van der Waals surface area contributed by atoms with E-state index in [1.54, 1.807) is 23.0 Å². The van der Waals surface area contributed by atoms with Crippen molar-refractivity contribution in [1.29, 1.82) is 0 Å². The van der Waals surface area contributed by atoms with Crippen LogP contribution in [0.2, 0.25) is 0 Å². The maximum Gasteiger partial charge on any atom is 0.347 e. The van der Waals surface area contributed by atoms with Gasteiger partial charge >= 0.3 is 6.01 Å². The Hall–Kier alpha value is -4.02. The number of aromatic nitrogens is 7. The van der Waals surface area contributed by atoms with Gasteiger partial charge < -0.3 is 15.9 Å². The Morgan fingerprint density at radius 3 is 2.93 bits per heavy atom. The molecule has 11 nitrogen and oxygen atoms in total. The number of nitrogens with zero attached hydrogens (tertiary/aromatic N) is 7. The van der Waals surface area contributed by atoms with Crippen molar-refractivity contribution >= 4 is 22.8 Å². The molecule has 0 saturated heterocycles. The number of anilines is 1. The molecule has 0 fully saturated rings. The number of para-hydroxylation sites is 1. The average Bonchev–Trinajstić information content (AvgIpc) is 3.26. The molecule has 3 N–H and O–H groups in total. The lowest BCUT2D eigenvalue weighted by atomic mass is 10.3. The van der Waals surface area contributed by atoms with Crippen molar-refractivity contribution in [3.63, 3.8) is 0 Å². The van der Waals surface area contributed by atoms with E-state index in [2.05, 4.69) is 30.7 Å². The number of primary amides is 1. The molecule has 1 aromatic carbocycles. The van der Waals surface area contributed by atoms with E-state index in [-0.39, 0.29) is 17.4 Å². The third-order valence-electron chi connectivity index (χ3n) is 3.74. The molecule has 0 atom stereocenters. The van der Waals surface area contributed by atoms with Gasteiger partial charge in [0.15, 0.2) is 0 Å². The number of carbonyl (C=O) groups is 1. The summed E-state index contributed by atoms with van der Waals surface area (Å²) in [5.41, 5.74) is 7.79. The molecule has 0 aliphatic carbocycles. The fourth-order valence-corrected chi connectivity index (χ4v) is 2.47. The zero-order valence-electron chi connectivity index (χ0n) is 14.3. The van der Waals surface area contributed by atoms with Gasteiger partial charge in [0.1, 0.15) is 22.4 Å². The lowest BCUT2D eigenvalue weighted by molar-refractivity contribution is 0.1000. The van der Waals surface area contributed by atoms with E-state index in [4.69, 9.17) is 10.6 Å². The zero-order chi connectivity index (χ0) is 18.8. The summed E-state index contributed by atoms with van der Waals surface area (Å²) in [6.07, 6.45) is 4.85. The van der Waals surface area contributed by atoms with Gasteiger partial charge in [0.2, 0.25) is 0 Å². The van der Waals surface area contributed by atoms with Crippen LogP contribution in [0.4, 0.5) is 5.82 Å². The van der Waals surface area contributed by atoms with Crippen molar-refractivity contribution in [2.24, 2.45) is 12.8 Å². The van der Waals surface area contributed by atoms with Gasteiger partial charge in [-0.1, -0.05) is 17.0 Å². The minimum Gasteiger partial charge on any atom is -0.365 e. The first-order chi connectivity index (χ1) is 13.1. The smallest absolute Gasteiger partial charge is 0.347 e. The maximum absolute atomic E-state index is 11.7. The molecule has 11 heteroatoms. The lowest BCUT2D eigenvalue weighted by Gasteiger charge is -2.09. The molecule has 0 aliphatic heterocycles. The van der Waals surface area contributed by atoms with E-state index < -0.39 is 5.91 Å². The van der Waals surface area contributed by atoms with Crippen LogP contribution in [0.1, 0.15) is 15.9 Å². The molecule has 0 bridgehead atoms. The zero-order valence-corrected chi connectivity index (χ0v) is 14.3. The van der Waals surface area contributed by atoms with Crippen LogP contribution in [-0.4, -0.2) is 40.8 Å². The van der Waals surface area contributed by atoms with Crippen molar-refractivity contribution in [2.45, 2.75) is 6.54 Å². The van der Waals surface area contributed by atoms with Crippen LogP contribution < -0.4 is 15.9 Å². The van der Waals surface area contributed by atoms with Crippen molar-refractivity contribution in [1.82, 2.24) is 34.9 Å². The fraction of sp³-hybridized carbons (Fsp3) is 0.125. The van der Waals surface area contributed by atoms with Crippen molar-refractivity contribution in [3.05, 3.63) is 54.0 Å². The highest BCUT2D eigenvalue weighted by atomic mass is 16.7. The second kappa shape index (κ2) is 6.71. The second-order valence-corrected chi connectivity index (χ2v) is 5.70. The average molecular weight is 365 g/mol. The van der Waals surface area contributed by atoms with E-state index >= 15 is 0 Å². The van der Waals surface area contributed by atoms with Gasteiger partial charge in [-0.3, -0.25) is 9.48 Å². The van der Waals surface area contributed by atoms with Crippen LogP contribution in [0.25, 0.3) is 11.0 Å². The summed E-state index contributed by atoms with van der Waals surface area (Å²) >= 11 is 0. The number of benzene rings is 1. The number of rotatable bonds is 6. The summed E-state index contributed by atoms with van der Waals surface area (Å²) in [4.78, 5) is 26.7. The summed E-state index contributed by atoms with van der Waals surface area (Å²) in [5.74, 6) is -0.401. The predicted octanol–water partition coefficient (Wildman–Crippen LogP) is 0.508. The number of hydrogen-bond donors (Lipinski definition) is 2. The minimum absolute atomic E-state index is 0.00987. The molecule has 0 radical (unpaired) electrons. The summed E-state index contributed by atoms with van der Waals surface area (Å²) in [7, 11) is 1.82. The molecule has 3 heterocycles. The van der Waals surface area contributed by atoms with Crippen LogP contribution in [0.5, 0.6) is 6.01 Å². The van der Waals surface area contributed by atoms with E-state index in [0.29, 0.717) is 17.6 Å². The first-order valence-corrected chi connectivity index (χ1v) is 7.97. The summed E-state index contributed by atoms with van der Waals surface area (Å²) < 4.78 is 1.68. The van der Waals surface area contributed by atoms with E-state index in [0.717, 1.165) is 5.56 Å². The van der Waals surface area contributed by atoms with Crippen molar-refractivity contribution in [2.75, 3.05) is 5.32 Å². The number of nitrogens with one attached hydrogen (secondary N) is 1. The largest absolute Gasteiger partial charge is 0.365 e. The van der Waals surface area contributed by atoms with Gasteiger partial charge in [0.05, 0.1) is 6.20 Å². The van der Waals surface area contributed by atoms with E-state index in [1.165, 1.54) is 11.0 Å². The quantitative estimate of drug-likeness (QED) is 0.504. The predicted molar refractivity (Wildman–Crippen MR) is 94.6 cm³/mol. The van der Waals surface area contributed by atoms with E-state index in [9.17, 15) is 4.79 Å². The minimum atomic E-state index is -0.651. The lowest BCUT2D eigenvalue weighted by Crippen LogP contribution is -2.17. The highest BCUT2D eigenvalue weighted by Gasteiger charge is 2.15. The Labute approximate surface area is 152 Å². The summed E-state index contributed by atoms with van der Waals surface area (Å²) in [6.45, 7) is 0.400. The molecule has 0 spiro atoms. The van der Waals surface area contributed by atoms with Crippen LogP contribution in [0.15, 0.2) is 42.9 Å². The Morgan fingerprint density at radius 1 is 1.30 bits per heavy atom. The van der Waals surface area contributed by atoms with Crippen LogP contribution in [0.3, 0.4) is 0 Å². The number of aryl methyl sites for hydroxylation is 1. The number of fused-ring (bicyclic) bond motifs is 1. The first-order valence-electron chi connectivity index (χ1n) is 7.97. The monoisotopic (exact) mass is 365 g/mol. The standard InChI is InChI=1S/C16H15N9O2/c1-24-9-10(7-20-24)6-18-15-11(14(17)26)8-19-16(21-15)27-25-13-5-3-2-4-12(13)22-23-25/h2-5,7-9H,6H2,1H3,(H2,17,26)(H,18,19,21). The molecule has 136 valence electrons. The number of amides is 1. The Balaban J connectivity index is 1.60. The Bertz CT molecular complexity index is 1120. The number of nitrogens with two attached hydrogens (primary N) is 1. The topological polar surface area (TPSA) is 139 Å². The molecule has 0 saturated carbocycles. The fourth-order valence-electron chi connectivity index (χ4n) is 2.47. The molecule has 3 aromatic heterocycles. The van der Waals surface area contributed by atoms with Crippen molar-refractivity contribution in [3.8, 4) is 6.01 Å². The number of hydrogen-bond acceptors (Lipinski definition) is 8. The molecular weight excluding hydrogens is 350 g/mol. The molecule has 4 rings (SSSR count). The Morgan fingerprint density at radius 2 is 2.15 bits per heavy atom. The molecule has 0 unspecified atom stereocenters. The van der Waals surface area contributed by atoms with Gasteiger partial charge in [-0.25, -0.2) is 4.98 Å². The van der Waals surface area contributed by atoms with Gasteiger partial charge in [0.25, 0.3) is 5.91 Å². The highest BCUT2D eigenvalue weighted by molar-refractivity contribution is 5.97. The SMILES string of the molecule is Cn1cc(CNc2nc(On3nnc4ccccc43)ncc2C(N)=O)cn1. The number of carbonyl (C=O) groups excluding carboxylic acids is 1. The maximum atomic E-state index is 11.7. The Kier molecular flexibility index (Phi) is 4.09. The second-order valence-electron chi connectivity index (χ2n) is 5.70. The van der Waals surface area contributed by atoms with Crippen molar-refractivity contribution < 1.29 is 9.63 Å². The molecule has 0 aliphatic rings. The third-order valence-corrected chi connectivity index (χ3v) is 3.74. The van der Waals surface area contributed by atoms with Gasteiger partial charge in [-0.15, -0.1) is 5.10 Å². The van der Waals surface area contributed by atoms with Gasteiger partial charge in [-0.05, 0) is 17.3 Å². The molecule has 27 heavy (non-hydrogen) atoms. The summed E-state index contributed by atoms with van der Waals surface area (Å²) in [5, 5.41) is 15.1. The van der Waals surface area contributed by atoms with E-state index in [1.807, 2.05) is 25.4 Å². The van der Waals surface area contributed by atoms with Gasteiger partial charge in [-0.2, -0.15) is 10.1 Å². The molecular formula is C16H15N9O2. The first kappa shape index (κ1) is 16.4. The van der Waals surface area contributed by atoms with Crippen LogP contribution in [-0.2, 0) is 13.6 Å². The molecule has 1 amide bonds. The highest BCUT2D eigenvalue weighted by Crippen LogP contribution is 2.17.